The third-order valence-electron chi connectivity index (χ3n) is 2.40. The van der Waals surface area contributed by atoms with Crippen LogP contribution in [0.4, 0.5) is 5.95 Å². The fourth-order valence-corrected chi connectivity index (χ4v) is 2.19. The largest absolute Gasteiger partial charge is 0.478 e. The minimum atomic E-state index is 0.0591. The first-order chi connectivity index (χ1) is 8.90. The van der Waals surface area contributed by atoms with Gasteiger partial charge < -0.3 is 10.1 Å². The van der Waals surface area contributed by atoms with Crippen LogP contribution in [0.5, 0.6) is 5.88 Å². The van der Waals surface area contributed by atoms with E-state index < -0.39 is 0 Å². The molecule has 0 amide bonds. The summed E-state index contributed by atoms with van der Waals surface area (Å²) >= 11 is 6.29. The van der Waals surface area contributed by atoms with Crippen molar-refractivity contribution in [1.82, 2.24) is 9.97 Å². The Balaban J connectivity index is 2.44. The van der Waals surface area contributed by atoms with Gasteiger partial charge in [0.1, 0.15) is 0 Å². The number of nitrogens with zero attached hydrogens (tertiary/aromatic N) is 2. The second-order valence-electron chi connectivity index (χ2n) is 5.81. The predicted octanol–water partition coefficient (Wildman–Crippen LogP) is 3.72. The molecule has 1 aromatic heterocycles. The molecule has 0 spiro atoms. The number of hydrogen-bond donors (Lipinski definition) is 1. The fourth-order valence-electron chi connectivity index (χ4n) is 1.65. The molecule has 0 aromatic carbocycles. The van der Waals surface area contributed by atoms with Gasteiger partial charge in [0.05, 0.1) is 12.0 Å². The molecule has 0 aliphatic heterocycles. The summed E-state index contributed by atoms with van der Waals surface area (Å²) in [4.78, 5) is 8.43. The quantitative estimate of drug-likeness (QED) is 0.776. The smallest absolute Gasteiger partial charge is 0.225 e. The molecule has 0 bridgehead atoms. The van der Waals surface area contributed by atoms with Gasteiger partial charge in [0, 0.05) is 18.8 Å². The molecule has 1 aromatic rings. The lowest BCUT2D eigenvalue weighted by Crippen LogP contribution is -2.21. The van der Waals surface area contributed by atoms with E-state index in [4.69, 9.17) is 16.3 Å². The Kier molecular flexibility index (Phi) is 6.35. The molecule has 1 atom stereocenters. The Morgan fingerprint density at radius 3 is 2.79 bits per heavy atom. The number of anilines is 1. The molecular weight excluding hydrogens is 262 g/mol. The van der Waals surface area contributed by atoms with E-state index in [9.17, 15) is 0 Å². The SMILES string of the molecule is CCCOc1ccnc(NCC(Cl)CC(C)(C)C)n1. The third-order valence-corrected chi connectivity index (χ3v) is 2.71. The van der Waals surface area contributed by atoms with Crippen molar-refractivity contribution in [2.45, 2.75) is 45.9 Å². The first kappa shape index (κ1) is 16.0. The van der Waals surface area contributed by atoms with E-state index in [2.05, 4.69) is 43.0 Å². The number of rotatable bonds is 7. The Morgan fingerprint density at radius 2 is 2.16 bits per heavy atom. The zero-order valence-corrected chi connectivity index (χ0v) is 13.0. The number of aromatic nitrogens is 2. The number of ether oxygens (including phenoxy) is 1. The molecule has 108 valence electrons. The molecule has 0 saturated carbocycles. The van der Waals surface area contributed by atoms with Crippen LogP contribution in [-0.4, -0.2) is 28.5 Å². The van der Waals surface area contributed by atoms with Gasteiger partial charge in [-0.05, 0) is 18.3 Å². The van der Waals surface area contributed by atoms with Crippen molar-refractivity contribution in [3.05, 3.63) is 12.3 Å². The second kappa shape index (κ2) is 7.53. The molecule has 0 fully saturated rings. The molecule has 1 unspecified atom stereocenters. The molecule has 0 radical (unpaired) electrons. The highest BCUT2D eigenvalue weighted by Gasteiger charge is 2.16. The number of hydrogen-bond acceptors (Lipinski definition) is 4. The first-order valence-electron chi connectivity index (χ1n) is 6.74. The fraction of sp³-hybridized carbons (Fsp3) is 0.714. The summed E-state index contributed by atoms with van der Waals surface area (Å²) < 4.78 is 5.46. The van der Waals surface area contributed by atoms with Crippen molar-refractivity contribution >= 4 is 17.5 Å². The van der Waals surface area contributed by atoms with Crippen molar-refractivity contribution in [3.8, 4) is 5.88 Å². The average Bonchev–Trinajstić information content (AvgIpc) is 2.32. The maximum atomic E-state index is 6.29. The minimum absolute atomic E-state index is 0.0591. The maximum Gasteiger partial charge on any atom is 0.225 e. The van der Waals surface area contributed by atoms with Crippen molar-refractivity contribution in [1.29, 1.82) is 0 Å². The van der Waals surface area contributed by atoms with E-state index >= 15 is 0 Å². The Bertz CT molecular complexity index is 379. The number of halogens is 1. The van der Waals surface area contributed by atoms with Crippen LogP contribution in [0, 0.1) is 5.41 Å². The molecular formula is C14H24ClN3O. The van der Waals surface area contributed by atoms with Gasteiger partial charge in [-0.1, -0.05) is 27.7 Å². The van der Waals surface area contributed by atoms with E-state index in [1.54, 1.807) is 12.3 Å². The molecule has 1 rings (SSSR count). The summed E-state index contributed by atoms with van der Waals surface area (Å²) in [5, 5.41) is 3.21. The zero-order chi connectivity index (χ0) is 14.3. The van der Waals surface area contributed by atoms with Gasteiger partial charge in [-0.15, -0.1) is 11.6 Å². The van der Waals surface area contributed by atoms with Crippen molar-refractivity contribution in [2.24, 2.45) is 5.41 Å². The first-order valence-corrected chi connectivity index (χ1v) is 7.18. The summed E-state index contributed by atoms with van der Waals surface area (Å²) in [5.74, 6) is 1.16. The Hall–Kier alpha value is -1.03. The van der Waals surface area contributed by atoms with Gasteiger partial charge in [0.15, 0.2) is 0 Å². The van der Waals surface area contributed by atoms with Gasteiger partial charge in [-0.2, -0.15) is 4.98 Å². The average molecular weight is 286 g/mol. The van der Waals surface area contributed by atoms with Gasteiger partial charge in [-0.25, -0.2) is 4.98 Å². The van der Waals surface area contributed by atoms with E-state index in [-0.39, 0.29) is 10.8 Å². The predicted molar refractivity (Wildman–Crippen MR) is 80.0 cm³/mol. The summed E-state index contributed by atoms with van der Waals surface area (Å²) in [6, 6.07) is 1.76. The van der Waals surface area contributed by atoms with Crippen LogP contribution in [0.2, 0.25) is 0 Å². The Morgan fingerprint density at radius 1 is 1.42 bits per heavy atom. The molecule has 0 aliphatic rings. The lowest BCUT2D eigenvalue weighted by molar-refractivity contribution is 0.305. The highest BCUT2D eigenvalue weighted by atomic mass is 35.5. The van der Waals surface area contributed by atoms with Gasteiger partial charge in [0.25, 0.3) is 0 Å². The van der Waals surface area contributed by atoms with Crippen LogP contribution in [0.3, 0.4) is 0 Å². The lowest BCUT2D eigenvalue weighted by atomic mass is 9.90. The van der Waals surface area contributed by atoms with Crippen LogP contribution in [-0.2, 0) is 0 Å². The number of alkyl halides is 1. The molecule has 0 saturated heterocycles. The van der Waals surface area contributed by atoms with Crippen LogP contribution in [0.15, 0.2) is 12.3 Å². The van der Waals surface area contributed by atoms with E-state index in [0.29, 0.717) is 25.0 Å². The maximum absolute atomic E-state index is 6.29. The number of nitrogens with one attached hydrogen (secondary N) is 1. The molecule has 4 nitrogen and oxygen atoms in total. The topological polar surface area (TPSA) is 47.0 Å². The van der Waals surface area contributed by atoms with Gasteiger partial charge in [-0.3, -0.25) is 0 Å². The summed E-state index contributed by atoms with van der Waals surface area (Å²) in [5.41, 5.74) is 0.223. The minimum Gasteiger partial charge on any atom is -0.478 e. The monoisotopic (exact) mass is 285 g/mol. The van der Waals surface area contributed by atoms with Crippen LogP contribution < -0.4 is 10.1 Å². The zero-order valence-electron chi connectivity index (χ0n) is 12.2. The van der Waals surface area contributed by atoms with Gasteiger partial charge >= 0.3 is 0 Å². The normalized spacial score (nSPS) is 13.1. The van der Waals surface area contributed by atoms with Crippen LogP contribution >= 0.6 is 11.6 Å². The summed E-state index contributed by atoms with van der Waals surface area (Å²) in [7, 11) is 0. The lowest BCUT2D eigenvalue weighted by Gasteiger charge is -2.21. The molecule has 1 heterocycles. The van der Waals surface area contributed by atoms with E-state index in [1.807, 2.05) is 0 Å². The van der Waals surface area contributed by atoms with E-state index in [1.165, 1.54) is 0 Å². The standard InChI is InChI=1S/C14H24ClN3O/c1-5-8-19-12-6-7-16-13(18-12)17-10-11(15)9-14(2,3)4/h6-7,11H,5,8-10H2,1-4H3,(H,16,17,18). The summed E-state index contributed by atoms with van der Waals surface area (Å²) in [6.45, 7) is 9.91. The third kappa shape index (κ3) is 7.21. The van der Waals surface area contributed by atoms with Crippen LogP contribution in [0.1, 0.15) is 40.5 Å². The molecule has 0 aliphatic carbocycles. The Labute approximate surface area is 120 Å². The second-order valence-corrected chi connectivity index (χ2v) is 6.43. The van der Waals surface area contributed by atoms with Gasteiger partial charge in [0.2, 0.25) is 11.8 Å². The molecule has 19 heavy (non-hydrogen) atoms. The van der Waals surface area contributed by atoms with E-state index in [0.717, 1.165) is 12.8 Å². The molecule has 1 N–H and O–H groups in total. The van der Waals surface area contributed by atoms with Crippen molar-refractivity contribution in [2.75, 3.05) is 18.5 Å². The van der Waals surface area contributed by atoms with Crippen molar-refractivity contribution < 1.29 is 4.74 Å². The highest BCUT2D eigenvalue weighted by molar-refractivity contribution is 6.20. The van der Waals surface area contributed by atoms with Crippen LogP contribution in [0.25, 0.3) is 0 Å². The molecule has 5 heteroatoms. The highest BCUT2D eigenvalue weighted by Crippen LogP contribution is 2.23. The summed E-state index contributed by atoms with van der Waals surface area (Å²) in [6.07, 6.45) is 3.59. The van der Waals surface area contributed by atoms with Crippen molar-refractivity contribution in [3.63, 3.8) is 0 Å².